The number of aromatic nitrogens is 1. The summed E-state index contributed by atoms with van der Waals surface area (Å²) in [5.41, 5.74) is 2.52. The van der Waals surface area contributed by atoms with Gasteiger partial charge in [0.05, 0.1) is 5.52 Å². The van der Waals surface area contributed by atoms with E-state index in [1.165, 1.54) is 44.5 Å². The molecule has 2 fully saturated rings. The third kappa shape index (κ3) is 2.29. The van der Waals surface area contributed by atoms with Crippen LogP contribution in [-0.4, -0.2) is 35.1 Å². The normalized spacial score (nSPS) is 20.8. The Kier molecular flexibility index (Phi) is 3.27. The summed E-state index contributed by atoms with van der Waals surface area (Å²) in [6, 6.07) is 8.00. The second-order valence-corrected chi connectivity index (χ2v) is 6.73. The van der Waals surface area contributed by atoms with Gasteiger partial charge in [0.15, 0.2) is 0 Å². The van der Waals surface area contributed by atoms with E-state index in [1.807, 2.05) is 18.3 Å². The molecule has 1 N–H and O–H groups in total. The topological polar surface area (TPSA) is 28.2 Å². The SMILES string of the molecule is Clc1ccc2c(NCC34CCCN3CCC4)ccnc2c1. The summed E-state index contributed by atoms with van der Waals surface area (Å²) >= 11 is 6.06. The van der Waals surface area contributed by atoms with E-state index in [2.05, 4.69) is 27.3 Å². The van der Waals surface area contributed by atoms with Gasteiger partial charge in [-0.25, -0.2) is 0 Å². The maximum absolute atomic E-state index is 6.06. The maximum atomic E-state index is 6.06. The van der Waals surface area contributed by atoms with Crippen LogP contribution in [0.1, 0.15) is 25.7 Å². The quantitative estimate of drug-likeness (QED) is 0.931. The van der Waals surface area contributed by atoms with Gasteiger partial charge in [-0.1, -0.05) is 11.6 Å². The van der Waals surface area contributed by atoms with Crippen molar-refractivity contribution in [1.29, 1.82) is 0 Å². The second-order valence-electron chi connectivity index (χ2n) is 6.29. The lowest BCUT2D eigenvalue weighted by molar-refractivity contribution is 0.209. The Hall–Kier alpha value is -1.32. The average Bonchev–Trinajstić information content (AvgIpc) is 3.04. The molecule has 4 heteroatoms. The van der Waals surface area contributed by atoms with Crippen LogP contribution in [0.15, 0.2) is 30.5 Å². The van der Waals surface area contributed by atoms with Crippen molar-refractivity contribution in [3.63, 3.8) is 0 Å². The molecule has 0 atom stereocenters. The largest absolute Gasteiger partial charge is 0.383 e. The van der Waals surface area contributed by atoms with Crippen LogP contribution < -0.4 is 5.32 Å². The smallest absolute Gasteiger partial charge is 0.0737 e. The third-order valence-electron chi connectivity index (χ3n) is 5.12. The molecule has 2 aliphatic rings. The van der Waals surface area contributed by atoms with Crippen molar-refractivity contribution in [2.24, 2.45) is 0 Å². The highest BCUT2D eigenvalue weighted by atomic mass is 35.5. The van der Waals surface area contributed by atoms with Gasteiger partial charge in [0.25, 0.3) is 0 Å². The highest BCUT2D eigenvalue weighted by molar-refractivity contribution is 6.31. The van der Waals surface area contributed by atoms with E-state index in [9.17, 15) is 0 Å². The molecule has 0 bridgehead atoms. The number of hydrogen-bond donors (Lipinski definition) is 1. The Labute approximate surface area is 130 Å². The van der Waals surface area contributed by atoms with Gasteiger partial charge in [0.1, 0.15) is 0 Å². The molecule has 0 aliphatic carbocycles. The molecule has 110 valence electrons. The summed E-state index contributed by atoms with van der Waals surface area (Å²) in [7, 11) is 0. The molecule has 0 amide bonds. The van der Waals surface area contributed by atoms with Crippen molar-refractivity contribution in [3.05, 3.63) is 35.5 Å². The lowest BCUT2D eigenvalue weighted by Crippen LogP contribution is -2.44. The number of hydrogen-bond acceptors (Lipinski definition) is 3. The Bertz CT molecular complexity index is 660. The van der Waals surface area contributed by atoms with Gasteiger partial charge in [0, 0.05) is 34.4 Å². The van der Waals surface area contributed by atoms with Crippen LogP contribution in [0.5, 0.6) is 0 Å². The molecule has 2 saturated heterocycles. The number of nitrogens with one attached hydrogen (secondary N) is 1. The van der Waals surface area contributed by atoms with Gasteiger partial charge in [-0.05, 0) is 63.0 Å². The first kappa shape index (κ1) is 13.4. The standard InChI is InChI=1S/C17H20ClN3/c18-13-3-4-14-15(5-8-19-16(14)11-13)20-12-17-6-1-9-21(17)10-2-7-17/h3-5,8,11H,1-2,6-7,9-10,12H2,(H,19,20). The molecule has 0 unspecified atom stereocenters. The molecule has 1 aromatic heterocycles. The van der Waals surface area contributed by atoms with E-state index >= 15 is 0 Å². The van der Waals surface area contributed by atoms with E-state index in [0.29, 0.717) is 5.54 Å². The Morgan fingerprint density at radius 2 is 2.00 bits per heavy atom. The van der Waals surface area contributed by atoms with Crippen molar-refractivity contribution < 1.29 is 0 Å². The number of benzene rings is 1. The van der Waals surface area contributed by atoms with Crippen LogP contribution in [0.25, 0.3) is 10.9 Å². The van der Waals surface area contributed by atoms with Crippen LogP contribution in [-0.2, 0) is 0 Å². The first-order valence-corrected chi connectivity index (χ1v) is 8.18. The van der Waals surface area contributed by atoms with Crippen LogP contribution >= 0.6 is 11.6 Å². The number of nitrogens with zero attached hydrogens (tertiary/aromatic N) is 2. The highest BCUT2D eigenvalue weighted by Gasteiger charge is 2.43. The van der Waals surface area contributed by atoms with Gasteiger partial charge in [0.2, 0.25) is 0 Å². The molecular formula is C17H20ClN3. The van der Waals surface area contributed by atoms with E-state index in [-0.39, 0.29) is 0 Å². The monoisotopic (exact) mass is 301 g/mol. The lowest BCUT2D eigenvalue weighted by atomic mass is 9.94. The molecule has 0 saturated carbocycles. The molecule has 2 aliphatic heterocycles. The maximum Gasteiger partial charge on any atom is 0.0737 e. The average molecular weight is 302 g/mol. The minimum atomic E-state index is 0.391. The fourth-order valence-corrected chi connectivity index (χ4v) is 4.22. The predicted molar refractivity (Wildman–Crippen MR) is 88.0 cm³/mol. The molecule has 4 rings (SSSR count). The summed E-state index contributed by atoms with van der Waals surface area (Å²) < 4.78 is 0. The first-order valence-electron chi connectivity index (χ1n) is 7.80. The lowest BCUT2D eigenvalue weighted by Gasteiger charge is -2.32. The molecular weight excluding hydrogens is 282 g/mol. The zero-order valence-corrected chi connectivity index (χ0v) is 12.9. The number of halogens is 1. The number of fused-ring (bicyclic) bond motifs is 2. The zero-order chi connectivity index (χ0) is 14.3. The van der Waals surface area contributed by atoms with Crippen LogP contribution in [0, 0.1) is 0 Å². The zero-order valence-electron chi connectivity index (χ0n) is 12.1. The molecule has 2 aromatic rings. The molecule has 3 heterocycles. The molecule has 21 heavy (non-hydrogen) atoms. The van der Waals surface area contributed by atoms with E-state index in [0.717, 1.165) is 22.5 Å². The minimum Gasteiger partial charge on any atom is -0.383 e. The van der Waals surface area contributed by atoms with Gasteiger partial charge < -0.3 is 5.32 Å². The Balaban J connectivity index is 1.60. The van der Waals surface area contributed by atoms with Crippen molar-refractivity contribution in [2.45, 2.75) is 31.2 Å². The van der Waals surface area contributed by atoms with Gasteiger partial charge >= 0.3 is 0 Å². The molecule has 3 nitrogen and oxygen atoms in total. The first-order chi connectivity index (χ1) is 10.3. The minimum absolute atomic E-state index is 0.391. The summed E-state index contributed by atoms with van der Waals surface area (Å²) in [5.74, 6) is 0. The van der Waals surface area contributed by atoms with Gasteiger partial charge in [-0.15, -0.1) is 0 Å². The molecule has 0 radical (unpaired) electrons. The van der Waals surface area contributed by atoms with Crippen molar-refractivity contribution >= 4 is 28.2 Å². The van der Waals surface area contributed by atoms with Crippen LogP contribution in [0.4, 0.5) is 5.69 Å². The Morgan fingerprint density at radius 3 is 2.81 bits per heavy atom. The van der Waals surface area contributed by atoms with Crippen molar-refractivity contribution in [2.75, 3.05) is 25.0 Å². The van der Waals surface area contributed by atoms with Gasteiger partial charge in [-0.3, -0.25) is 9.88 Å². The summed E-state index contributed by atoms with van der Waals surface area (Å²) in [4.78, 5) is 7.09. The van der Waals surface area contributed by atoms with Crippen molar-refractivity contribution in [3.8, 4) is 0 Å². The fourth-order valence-electron chi connectivity index (χ4n) is 4.05. The number of pyridine rings is 1. The highest BCUT2D eigenvalue weighted by Crippen LogP contribution is 2.39. The predicted octanol–water partition coefficient (Wildman–Crippen LogP) is 3.93. The fraction of sp³-hybridized carbons (Fsp3) is 0.471. The summed E-state index contributed by atoms with van der Waals surface area (Å²) in [6.07, 6.45) is 7.20. The van der Waals surface area contributed by atoms with Crippen molar-refractivity contribution in [1.82, 2.24) is 9.88 Å². The number of rotatable bonds is 3. The van der Waals surface area contributed by atoms with E-state index < -0.39 is 0 Å². The third-order valence-corrected chi connectivity index (χ3v) is 5.36. The van der Waals surface area contributed by atoms with Gasteiger partial charge in [-0.2, -0.15) is 0 Å². The summed E-state index contributed by atoms with van der Waals surface area (Å²) in [5, 5.41) is 5.58. The van der Waals surface area contributed by atoms with Crippen LogP contribution in [0.3, 0.4) is 0 Å². The number of anilines is 1. The van der Waals surface area contributed by atoms with E-state index in [4.69, 9.17) is 11.6 Å². The second kappa shape index (κ2) is 5.15. The molecule has 1 aromatic carbocycles. The van der Waals surface area contributed by atoms with E-state index in [1.54, 1.807) is 0 Å². The Morgan fingerprint density at radius 1 is 1.19 bits per heavy atom. The summed E-state index contributed by atoms with van der Waals surface area (Å²) in [6.45, 7) is 3.58. The molecule has 0 spiro atoms. The van der Waals surface area contributed by atoms with Crippen LogP contribution in [0.2, 0.25) is 5.02 Å².